The van der Waals surface area contributed by atoms with Crippen LogP contribution in [0, 0.1) is 0 Å². The fraction of sp³-hybridized carbons (Fsp3) is 1.00. The van der Waals surface area contributed by atoms with Crippen LogP contribution in [-0.2, 0) is 8.85 Å². The molecule has 0 fully saturated rings. The first-order valence-corrected chi connectivity index (χ1v) is 13.1. The molecule has 0 saturated heterocycles. The molecule has 0 N–H and O–H groups in total. The van der Waals surface area contributed by atoms with Crippen molar-refractivity contribution in [2.75, 3.05) is 0 Å². The number of hydrogen-bond acceptors (Lipinski definition) is 2. The van der Waals surface area contributed by atoms with Gasteiger partial charge in [-0.25, -0.2) is 0 Å². The summed E-state index contributed by atoms with van der Waals surface area (Å²) in [5, 5.41) is 0. The minimum Gasteiger partial charge on any atom is -0.415 e. The van der Waals surface area contributed by atoms with Crippen molar-refractivity contribution in [2.45, 2.75) is 84.6 Å². The van der Waals surface area contributed by atoms with E-state index in [0.717, 1.165) is 0 Å². The zero-order chi connectivity index (χ0) is 13.7. The van der Waals surface area contributed by atoms with Gasteiger partial charge >= 0.3 is 0 Å². The predicted molar refractivity (Wildman–Crippen MR) is 81.6 cm³/mol. The van der Waals surface area contributed by atoms with Crippen LogP contribution in [0.15, 0.2) is 0 Å². The average Bonchev–Trinajstić information content (AvgIpc) is 1.96. The molecule has 0 radical (unpaired) electrons. The molecule has 0 saturated carbocycles. The predicted octanol–water partition coefficient (Wildman–Crippen LogP) is 4.64. The van der Waals surface area contributed by atoms with Gasteiger partial charge in [-0.1, -0.05) is 6.42 Å². The smallest absolute Gasteiger partial charge is 0.187 e. The summed E-state index contributed by atoms with van der Waals surface area (Å²) in [4.78, 5) is 0. The molecular weight excluding hydrogens is 244 g/mol. The van der Waals surface area contributed by atoms with Crippen LogP contribution in [0.5, 0.6) is 0 Å². The Morgan fingerprint density at radius 1 is 0.706 bits per heavy atom. The summed E-state index contributed by atoms with van der Waals surface area (Å²) >= 11 is 0. The van der Waals surface area contributed by atoms with E-state index in [4.69, 9.17) is 8.85 Å². The fourth-order valence-corrected chi connectivity index (χ4v) is 7.53. The maximum atomic E-state index is 6.05. The van der Waals surface area contributed by atoms with Gasteiger partial charge in [0.25, 0.3) is 0 Å². The van der Waals surface area contributed by atoms with Crippen LogP contribution in [0.2, 0.25) is 38.3 Å². The first-order valence-electron chi connectivity index (χ1n) is 6.90. The van der Waals surface area contributed by atoms with Crippen molar-refractivity contribution in [3.8, 4) is 0 Å². The minimum atomic E-state index is -1.44. The standard InChI is InChI=1S/C13H32O2Si2/c1-12(2)14-16(5,6)10-9-11-17(7,8)15-13(3)4/h12-13H,9-11H2,1-8H3. The average molecular weight is 277 g/mol. The van der Waals surface area contributed by atoms with Crippen LogP contribution in [0.3, 0.4) is 0 Å². The van der Waals surface area contributed by atoms with E-state index in [1.807, 2.05) is 0 Å². The van der Waals surface area contributed by atoms with Crippen LogP contribution < -0.4 is 0 Å². The SMILES string of the molecule is CC(C)O[Si](C)(C)CCC[Si](C)(C)OC(C)C. The summed E-state index contributed by atoms with van der Waals surface area (Å²) in [5.41, 5.74) is 0. The lowest BCUT2D eigenvalue weighted by Gasteiger charge is -2.29. The Kier molecular flexibility index (Phi) is 7.22. The van der Waals surface area contributed by atoms with Crippen molar-refractivity contribution in [1.82, 2.24) is 0 Å². The van der Waals surface area contributed by atoms with Crippen molar-refractivity contribution >= 4 is 16.6 Å². The molecule has 0 rings (SSSR count). The molecule has 0 aliphatic rings. The van der Waals surface area contributed by atoms with Crippen molar-refractivity contribution in [1.29, 1.82) is 0 Å². The highest BCUT2D eigenvalue weighted by Gasteiger charge is 2.27. The van der Waals surface area contributed by atoms with Gasteiger partial charge < -0.3 is 8.85 Å². The van der Waals surface area contributed by atoms with Crippen LogP contribution in [0.1, 0.15) is 34.1 Å². The Morgan fingerprint density at radius 2 is 1.00 bits per heavy atom. The van der Waals surface area contributed by atoms with Crippen molar-refractivity contribution < 1.29 is 8.85 Å². The van der Waals surface area contributed by atoms with Crippen molar-refractivity contribution in [2.24, 2.45) is 0 Å². The van der Waals surface area contributed by atoms with Crippen LogP contribution in [-0.4, -0.2) is 28.8 Å². The topological polar surface area (TPSA) is 18.5 Å². The molecule has 0 unspecified atom stereocenters. The lowest BCUT2D eigenvalue weighted by atomic mass is 10.5. The van der Waals surface area contributed by atoms with E-state index in [2.05, 4.69) is 53.9 Å². The van der Waals surface area contributed by atoms with Gasteiger partial charge in [0.05, 0.1) is 0 Å². The molecule has 0 aliphatic carbocycles. The zero-order valence-electron chi connectivity index (χ0n) is 13.1. The molecule has 0 aliphatic heterocycles. The highest BCUT2D eigenvalue weighted by molar-refractivity contribution is 6.72. The number of rotatable bonds is 8. The molecule has 0 bridgehead atoms. The quantitative estimate of drug-likeness (QED) is 0.601. The molecule has 2 nitrogen and oxygen atoms in total. The molecule has 4 heteroatoms. The van der Waals surface area contributed by atoms with Gasteiger partial charge in [0.15, 0.2) is 16.6 Å². The molecule has 0 spiro atoms. The van der Waals surface area contributed by atoms with Crippen molar-refractivity contribution in [3.63, 3.8) is 0 Å². The van der Waals surface area contributed by atoms with E-state index in [0.29, 0.717) is 12.2 Å². The number of hydrogen-bond donors (Lipinski definition) is 0. The summed E-state index contributed by atoms with van der Waals surface area (Å²) in [6.45, 7) is 17.8. The van der Waals surface area contributed by atoms with E-state index in [1.165, 1.54) is 18.5 Å². The summed E-state index contributed by atoms with van der Waals surface area (Å²) in [5.74, 6) is 0. The second kappa shape index (κ2) is 7.07. The molecule has 0 heterocycles. The Hall–Kier alpha value is 0.354. The third-order valence-electron chi connectivity index (χ3n) is 2.67. The second-order valence-corrected chi connectivity index (χ2v) is 15.2. The molecule has 0 aromatic carbocycles. The van der Waals surface area contributed by atoms with Gasteiger partial charge in [0.2, 0.25) is 0 Å². The Balaban J connectivity index is 3.97. The Morgan fingerprint density at radius 3 is 1.24 bits per heavy atom. The van der Waals surface area contributed by atoms with Gasteiger partial charge in [-0.15, -0.1) is 0 Å². The van der Waals surface area contributed by atoms with Gasteiger partial charge in [-0.2, -0.15) is 0 Å². The molecule has 0 atom stereocenters. The monoisotopic (exact) mass is 276 g/mol. The molecule has 0 aromatic rings. The summed E-state index contributed by atoms with van der Waals surface area (Å²) in [7, 11) is -2.88. The van der Waals surface area contributed by atoms with Crippen molar-refractivity contribution in [3.05, 3.63) is 0 Å². The Bertz CT molecular complexity index is 191. The largest absolute Gasteiger partial charge is 0.415 e. The van der Waals surface area contributed by atoms with E-state index in [9.17, 15) is 0 Å². The highest BCUT2D eigenvalue weighted by Crippen LogP contribution is 2.22. The van der Waals surface area contributed by atoms with Gasteiger partial charge in [-0.05, 0) is 66.0 Å². The summed E-state index contributed by atoms with van der Waals surface area (Å²) < 4.78 is 12.1. The molecule has 104 valence electrons. The first-order chi connectivity index (χ1) is 7.54. The fourth-order valence-electron chi connectivity index (χ4n) is 2.33. The Labute approximate surface area is 110 Å². The third kappa shape index (κ3) is 10.0. The second-order valence-electron chi connectivity index (χ2n) is 6.71. The van der Waals surface area contributed by atoms with Crippen LogP contribution in [0.4, 0.5) is 0 Å². The normalized spacial score (nSPS) is 13.8. The highest BCUT2D eigenvalue weighted by atomic mass is 28.4. The van der Waals surface area contributed by atoms with Crippen LogP contribution >= 0.6 is 0 Å². The van der Waals surface area contributed by atoms with Gasteiger partial charge in [0.1, 0.15) is 0 Å². The summed E-state index contributed by atoms with van der Waals surface area (Å²) in [6.07, 6.45) is 2.00. The molecule has 0 amide bonds. The first kappa shape index (κ1) is 17.4. The maximum Gasteiger partial charge on any atom is 0.187 e. The zero-order valence-corrected chi connectivity index (χ0v) is 15.1. The third-order valence-corrected chi connectivity index (χ3v) is 8.00. The van der Waals surface area contributed by atoms with E-state index in [-0.39, 0.29) is 0 Å². The van der Waals surface area contributed by atoms with E-state index in [1.54, 1.807) is 0 Å². The molecule has 0 aromatic heterocycles. The van der Waals surface area contributed by atoms with Gasteiger partial charge in [0, 0.05) is 12.2 Å². The lowest BCUT2D eigenvalue weighted by molar-refractivity contribution is 0.227. The molecular formula is C13H32O2Si2. The van der Waals surface area contributed by atoms with Gasteiger partial charge in [-0.3, -0.25) is 0 Å². The minimum absolute atomic E-state index is 0.369. The molecule has 17 heavy (non-hydrogen) atoms. The summed E-state index contributed by atoms with van der Waals surface area (Å²) in [6, 6.07) is 2.51. The van der Waals surface area contributed by atoms with Crippen LogP contribution in [0.25, 0.3) is 0 Å². The maximum absolute atomic E-state index is 6.05. The lowest BCUT2D eigenvalue weighted by Crippen LogP contribution is -2.36. The van der Waals surface area contributed by atoms with E-state index >= 15 is 0 Å². The van der Waals surface area contributed by atoms with E-state index < -0.39 is 16.6 Å².